The Bertz CT molecular complexity index is 787. The fourth-order valence-corrected chi connectivity index (χ4v) is 3.42. The van der Waals surface area contributed by atoms with Crippen molar-refractivity contribution >= 4 is 23.5 Å². The lowest BCUT2D eigenvalue weighted by atomic mass is 9.95. The van der Waals surface area contributed by atoms with Crippen molar-refractivity contribution in [2.24, 2.45) is 13.0 Å². The lowest BCUT2D eigenvalue weighted by Gasteiger charge is -2.16. The maximum atomic E-state index is 12.5. The molecule has 1 saturated heterocycles. The van der Waals surface area contributed by atoms with Crippen LogP contribution in [0.3, 0.4) is 0 Å². The Balaban J connectivity index is 1.69. The van der Waals surface area contributed by atoms with Gasteiger partial charge in [-0.2, -0.15) is 5.10 Å². The van der Waals surface area contributed by atoms with Gasteiger partial charge in [-0.05, 0) is 30.4 Å². The number of aromatic carboxylic acids is 1. The van der Waals surface area contributed by atoms with Crippen molar-refractivity contribution in [2.75, 3.05) is 13.1 Å². The van der Waals surface area contributed by atoms with Crippen LogP contribution in [0.15, 0.2) is 30.5 Å². The number of benzene rings is 1. The first-order valence-electron chi connectivity index (χ1n) is 7.75. The van der Waals surface area contributed by atoms with Crippen LogP contribution >= 0.6 is 11.6 Å². The Labute approximate surface area is 144 Å². The van der Waals surface area contributed by atoms with Gasteiger partial charge in [0.1, 0.15) is 0 Å². The van der Waals surface area contributed by atoms with E-state index in [-0.39, 0.29) is 17.5 Å². The molecule has 1 aromatic heterocycles. The predicted molar refractivity (Wildman–Crippen MR) is 89.3 cm³/mol. The van der Waals surface area contributed by atoms with Gasteiger partial charge in [0.15, 0.2) is 5.69 Å². The Morgan fingerprint density at radius 2 is 2.12 bits per heavy atom. The molecule has 1 amide bonds. The Kier molecular flexibility index (Phi) is 4.57. The first kappa shape index (κ1) is 16.5. The van der Waals surface area contributed by atoms with Crippen LogP contribution in [0.1, 0.15) is 32.8 Å². The summed E-state index contributed by atoms with van der Waals surface area (Å²) in [6, 6.07) is 7.01. The third-order valence-electron chi connectivity index (χ3n) is 4.32. The number of aryl methyl sites for hydroxylation is 1. The number of hydrogen-bond donors (Lipinski definition) is 1. The maximum Gasteiger partial charge on any atom is 0.335 e. The topological polar surface area (TPSA) is 75.4 Å². The number of nitrogens with zero attached hydrogens (tertiary/aromatic N) is 3. The molecule has 1 atom stereocenters. The highest BCUT2D eigenvalue weighted by molar-refractivity contribution is 6.33. The van der Waals surface area contributed by atoms with Gasteiger partial charge < -0.3 is 10.0 Å². The molecule has 6 nitrogen and oxygen atoms in total. The van der Waals surface area contributed by atoms with Gasteiger partial charge in [-0.15, -0.1) is 0 Å². The van der Waals surface area contributed by atoms with Crippen LogP contribution < -0.4 is 0 Å². The van der Waals surface area contributed by atoms with Gasteiger partial charge in [0, 0.05) is 26.3 Å². The Morgan fingerprint density at radius 1 is 1.38 bits per heavy atom. The van der Waals surface area contributed by atoms with Crippen molar-refractivity contribution in [3.8, 4) is 0 Å². The zero-order valence-electron chi connectivity index (χ0n) is 13.3. The molecule has 1 aromatic carbocycles. The number of aromatic nitrogens is 2. The lowest BCUT2D eigenvalue weighted by Crippen LogP contribution is -2.29. The number of halogens is 1. The molecule has 24 heavy (non-hydrogen) atoms. The van der Waals surface area contributed by atoms with Crippen LogP contribution in [0.5, 0.6) is 0 Å². The van der Waals surface area contributed by atoms with Crippen molar-refractivity contribution < 1.29 is 14.7 Å². The van der Waals surface area contributed by atoms with Crippen molar-refractivity contribution in [3.05, 3.63) is 52.3 Å². The van der Waals surface area contributed by atoms with Gasteiger partial charge in [0.25, 0.3) is 5.91 Å². The molecule has 1 aliphatic heterocycles. The van der Waals surface area contributed by atoms with E-state index in [2.05, 4.69) is 5.10 Å². The van der Waals surface area contributed by atoms with Crippen molar-refractivity contribution in [1.29, 1.82) is 0 Å². The first-order valence-corrected chi connectivity index (χ1v) is 8.13. The van der Waals surface area contributed by atoms with E-state index >= 15 is 0 Å². The fraction of sp³-hybridized carbons (Fsp3) is 0.353. The van der Waals surface area contributed by atoms with Crippen LogP contribution in [-0.4, -0.2) is 44.8 Å². The molecule has 0 bridgehead atoms. The second kappa shape index (κ2) is 6.65. The highest BCUT2D eigenvalue weighted by Crippen LogP contribution is 2.25. The molecule has 1 unspecified atom stereocenters. The monoisotopic (exact) mass is 347 g/mol. The van der Waals surface area contributed by atoms with E-state index in [1.165, 1.54) is 4.68 Å². The Hall–Kier alpha value is -2.34. The Morgan fingerprint density at radius 3 is 2.79 bits per heavy atom. The molecule has 1 aliphatic rings. The minimum Gasteiger partial charge on any atom is -0.478 e. The van der Waals surface area contributed by atoms with E-state index in [1.54, 1.807) is 30.3 Å². The largest absolute Gasteiger partial charge is 0.478 e. The standard InChI is InChI=1S/C17H18ClN3O3/c1-20-10-14(18)15(19-20)16(22)21-7-6-11(9-21)8-12-4-2-3-5-13(12)17(23)24/h2-5,10-11H,6-9H2,1H3,(H,23,24). The van der Waals surface area contributed by atoms with Crippen molar-refractivity contribution in [1.82, 2.24) is 14.7 Å². The highest BCUT2D eigenvalue weighted by Gasteiger charge is 2.30. The number of amides is 1. The number of carbonyl (C=O) groups is 2. The fourth-order valence-electron chi connectivity index (χ4n) is 3.16. The maximum absolute atomic E-state index is 12.5. The molecule has 2 aromatic rings. The molecular formula is C17H18ClN3O3. The average molecular weight is 348 g/mol. The summed E-state index contributed by atoms with van der Waals surface area (Å²) in [7, 11) is 1.72. The van der Waals surface area contributed by atoms with Gasteiger partial charge in [0.2, 0.25) is 0 Å². The highest BCUT2D eigenvalue weighted by atomic mass is 35.5. The molecule has 2 heterocycles. The zero-order valence-corrected chi connectivity index (χ0v) is 14.0. The lowest BCUT2D eigenvalue weighted by molar-refractivity contribution is 0.0694. The van der Waals surface area contributed by atoms with Crippen LogP contribution in [0.4, 0.5) is 0 Å². The van der Waals surface area contributed by atoms with Crippen LogP contribution in [-0.2, 0) is 13.5 Å². The van der Waals surface area contributed by atoms with E-state index < -0.39 is 5.97 Å². The van der Waals surface area contributed by atoms with E-state index in [0.717, 1.165) is 12.0 Å². The van der Waals surface area contributed by atoms with E-state index in [9.17, 15) is 14.7 Å². The predicted octanol–water partition coefficient (Wildman–Crippen LogP) is 2.48. The van der Waals surface area contributed by atoms with Gasteiger partial charge in [-0.3, -0.25) is 9.48 Å². The summed E-state index contributed by atoms with van der Waals surface area (Å²) in [4.78, 5) is 25.6. The molecule has 0 spiro atoms. The summed E-state index contributed by atoms with van der Waals surface area (Å²) in [6.07, 6.45) is 3.08. The van der Waals surface area contributed by atoms with E-state index in [4.69, 9.17) is 11.6 Å². The molecule has 7 heteroatoms. The summed E-state index contributed by atoms with van der Waals surface area (Å²) in [6.45, 7) is 1.21. The minimum atomic E-state index is -0.920. The third-order valence-corrected chi connectivity index (χ3v) is 4.59. The molecule has 0 radical (unpaired) electrons. The summed E-state index contributed by atoms with van der Waals surface area (Å²) in [5, 5.41) is 13.7. The molecule has 126 valence electrons. The second-order valence-corrected chi connectivity index (χ2v) is 6.48. The molecule has 1 N–H and O–H groups in total. The quantitative estimate of drug-likeness (QED) is 0.921. The van der Waals surface area contributed by atoms with Crippen LogP contribution in [0, 0.1) is 5.92 Å². The minimum absolute atomic E-state index is 0.172. The third kappa shape index (κ3) is 3.28. The first-order chi connectivity index (χ1) is 11.5. The van der Waals surface area contributed by atoms with Crippen molar-refractivity contribution in [2.45, 2.75) is 12.8 Å². The van der Waals surface area contributed by atoms with Crippen molar-refractivity contribution in [3.63, 3.8) is 0 Å². The summed E-state index contributed by atoms with van der Waals surface area (Å²) in [5.41, 5.74) is 1.40. The SMILES string of the molecule is Cn1cc(Cl)c(C(=O)N2CCC(Cc3ccccc3C(=O)O)C2)n1. The van der Waals surface area contributed by atoms with Crippen LogP contribution in [0.25, 0.3) is 0 Å². The summed E-state index contributed by atoms with van der Waals surface area (Å²) in [5.74, 6) is -0.858. The number of carboxylic acid groups (broad SMARTS) is 1. The molecule has 0 aliphatic carbocycles. The number of likely N-dealkylation sites (tertiary alicyclic amines) is 1. The normalized spacial score (nSPS) is 17.2. The van der Waals surface area contributed by atoms with Crippen LogP contribution in [0.2, 0.25) is 5.02 Å². The van der Waals surface area contributed by atoms with Gasteiger partial charge >= 0.3 is 5.97 Å². The number of carbonyl (C=O) groups excluding carboxylic acids is 1. The average Bonchev–Trinajstić information content (AvgIpc) is 3.13. The zero-order chi connectivity index (χ0) is 17.3. The second-order valence-electron chi connectivity index (χ2n) is 6.07. The molecule has 1 fully saturated rings. The van der Waals surface area contributed by atoms with E-state index in [1.807, 2.05) is 12.1 Å². The number of carboxylic acids is 1. The smallest absolute Gasteiger partial charge is 0.335 e. The summed E-state index contributed by atoms with van der Waals surface area (Å²) < 4.78 is 1.52. The molecule has 3 rings (SSSR count). The number of hydrogen-bond acceptors (Lipinski definition) is 3. The summed E-state index contributed by atoms with van der Waals surface area (Å²) >= 11 is 6.04. The van der Waals surface area contributed by atoms with E-state index in [0.29, 0.717) is 30.1 Å². The molecular weight excluding hydrogens is 330 g/mol. The van der Waals surface area contributed by atoms with Gasteiger partial charge in [0.05, 0.1) is 10.6 Å². The number of rotatable bonds is 4. The van der Waals surface area contributed by atoms with Gasteiger partial charge in [-0.25, -0.2) is 4.79 Å². The molecule has 0 saturated carbocycles. The van der Waals surface area contributed by atoms with Gasteiger partial charge in [-0.1, -0.05) is 29.8 Å².